The average molecular weight is 383 g/mol. The minimum absolute atomic E-state index is 0.277. The van der Waals surface area contributed by atoms with Crippen LogP contribution >= 0.6 is 0 Å². The largest absolute Gasteiger partial charge is 0.503 e. The molecule has 0 bridgehead atoms. The van der Waals surface area contributed by atoms with Gasteiger partial charge in [0.2, 0.25) is 0 Å². The Kier molecular flexibility index (Phi) is 8.09. The van der Waals surface area contributed by atoms with Crippen LogP contribution in [-0.2, 0) is 25.7 Å². The number of oxime groups is 1. The van der Waals surface area contributed by atoms with Crippen LogP contribution in [0.2, 0.25) is 0 Å². The second-order valence-corrected chi connectivity index (χ2v) is 5.83. The van der Waals surface area contributed by atoms with Crippen molar-refractivity contribution in [1.82, 2.24) is 0 Å². The number of nitrogens with zero attached hydrogens (tertiary/aromatic N) is 1. The van der Waals surface area contributed by atoms with Crippen molar-refractivity contribution in [2.75, 3.05) is 20.8 Å². The molecule has 0 radical (unpaired) electrons. The first kappa shape index (κ1) is 21.0. The highest BCUT2D eigenvalue weighted by atomic mass is 16.6. The molecular formula is C22H25NO5. The Hall–Kier alpha value is -3.28. The summed E-state index contributed by atoms with van der Waals surface area (Å²) < 4.78 is 15.9. The van der Waals surface area contributed by atoms with Crippen LogP contribution in [0.5, 0.6) is 5.75 Å². The maximum absolute atomic E-state index is 12.1. The molecule has 0 fully saturated rings. The molecule has 0 aliphatic rings. The van der Waals surface area contributed by atoms with E-state index in [0.29, 0.717) is 23.5 Å². The van der Waals surface area contributed by atoms with Gasteiger partial charge in [-0.3, -0.25) is 0 Å². The van der Waals surface area contributed by atoms with Gasteiger partial charge in [-0.25, -0.2) is 4.79 Å². The van der Waals surface area contributed by atoms with Gasteiger partial charge in [0.15, 0.2) is 0 Å². The van der Waals surface area contributed by atoms with Crippen molar-refractivity contribution in [2.24, 2.45) is 5.16 Å². The molecule has 0 atom stereocenters. The maximum Gasteiger partial charge on any atom is 0.341 e. The standard InChI is InChI=1S/C22H25NO5/c1-5-28-23-16(2)17-10-8-11-19(13-17)27-14-18-9-6-7-12-20(18)21(15-25-3)22(24)26-4/h6-13,15H,5,14H2,1-4H3. The Labute approximate surface area is 165 Å². The van der Waals surface area contributed by atoms with Crippen molar-refractivity contribution < 1.29 is 23.8 Å². The summed E-state index contributed by atoms with van der Waals surface area (Å²) in [5.74, 6) is 0.216. The van der Waals surface area contributed by atoms with Gasteiger partial charge >= 0.3 is 5.97 Å². The predicted molar refractivity (Wildman–Crippen MR) is 108 cm³/mol. The fourth-order valence-corrected chi connectivity index (χ4v) is 2.54. The molecule has 6 nitrogen and oxygen atoms in total. The summed E-state index contributed by atoms with van der Waals surface area (Å²) in [5.41, 5.74) is 3.54. The molecule has 0 spiro atoms. The number of hydrogen-bond acceptors (Lipinski definition) is 6. The Bertz CT molecular complexity index is 858. The molecule has 6 heteroatoms. The fraction of sp³-hybridized carbons (Fsp3) is 0.273. The SMILES string of the molecule is CCON=C(C)c1cccc(OCc2ccccc2C(=COC)C(=O)OC)c1. The van der Waals surface area contributed by atoms with E-state index in [2.05, 4.69) is 5.16 Å². The molecule has 0 aliphatic carbocycles. The van der Waals surface area contributed by atoms with Gasteiger partial charge in [0, 0.05) is 5.56 Å². The Balaban J connectivity index is 2.22. The van der Waals surface area contributed by atoms with E-state index in [1.807, 2.05) is 62.4 Å². The van der Waals surface area contributed by atoms with E-state index in [9.17, 15) is 4.79 Å². The predicted octanol–water partition coefficient (Wildman–Crippen LogP) is 4.19. The lowest BCUT2D eigenvalue weighted by Crippen LogP contribution is -2.08. The molecule has 2 aromatic rings. The molecule has 0 aromatic heterocycles. The molecule has 0 amide bonds. The first-order valence-electron chi connectivity index (χ1n) is 8.90. The van der Waals surface area contributed by atoms with Gasteiger partial charge in [-0.1, -0.05) is 41.6 Å². The molecule has 0 aliphatic heterocycles. The molecule has 0 saturated heterocycles. The molecule has 28 heavy (non-hydrogen) atoms. The van der Waals surface area contributed by atoms with E-state index in [1.54, 1.807) is 0 Å². The lowest BCUT2D eigenvalue weighted by molar-refractivity contribution is -0.133. The topological polar surface area (TPSA) is 66.3 Å². The highest BCUT2D eigenvalue weighted by molar-refractivity contribution is 6.16. The van der Waals surface area contributed by atoms with Crippen LogP contribution in [0.15, 0.2) is 59.9 Å². The summed E-state index contributed by atoms with van der Waals surface area (Å²) in [6.07, 6.45) is 1.37. The van der Waals surface area contributed by atoms with Crippen LogP contribution in [0.3, 0.4) is 0 Å². The number of carbonyl (C=O) groups is 1. The summed E-state index contributed by atoms with van der Waals surface area (Å²) in [7, 11) is 2.82. The number of rotatable bonds is 9. The van der Waals surface area contributed by atoms with Gasteiger partial charge in [0.1, 0.15) is 24.5 Å². The van der Waals surface area contributed by atoms with Gasteiger partial charge in [0.25, 0.3) is 0 Å². The normalized spacial score (nSPS) is 11.7. The number of ether oxygens (including phenoxy) is 3. The Morgan fingerprint density at radius 1 is 1.11 bits per heavy atom. The number of benzene rings is 2. The van der Waals surface area contributed by atoms with Crippen molar-refractivity contribution in [2.45, 2.75) is 20.5 Å². The van der Waals surface area contributed by atoms with Crippen molar-refractivity contribution in [3.63, 3.8) is 0 Å². The van der Waals surface area contributed by atoms with Crippen LogP contribution < -0.4 is 4.74 Å². The van der Waals surface area contributed by atoms with E-state index in [0.717, 1.165) is 16.8 Å². The van der Waals surface area contributed by atoms with Crippen LogP contribution in [0.25, 0.3) is 5.57 Å². The van der Waals surface area contributed by atoms with Gasteiger partial charge in [-0.05, 0) is 37.1 Å². The summed E-state index contributed by atoms with van der Waals surface area (Å²) in [6, 6.07) is 15.1. The Morgan fingerprint density at radius 3 is 2.61 bits per heavy atom. The number of carbonyl (C=O) groups excluding carboxylic acids is 1. The molecule has 2 aromatic carbocycles. The first-order chi connectivity index (χ1) is 13.6. The van der Waals surface area contributed by atoms with Crippen LogP contribution in [0.4, 0.5) is 0 Å². The summed E-state index contributed by atoms with van der Waals surface area (Å²) in [5, 5.41) is 4.05. The third-order valence-electron chi connectivity index (χ3n) is 3.93. The summed E-state index contributed by atoms with van der Waals surface area (Å²) in [6.45, 7) is 4.55. The molecular weight excluding hydrogens is 358 g/mol. The minimum atomic E-state index is -0.473. The quantitative estimate of drug-likeness (QED) is 0.214. The maximum atomic E-state index is 12.1. The lowest BCUT2D eigenvalue weighted by Gasteiger charge is -2.13. The van der Waals surface area contributed by atoms with Crippen molar-refractivity contribution in [1.29, 1.82) is 0 Å². The molecule has 0 saturated carbocycles. The van der Waals surface area contributed by atoms with Crippen LogP contribution in [-0.4, -0.2) is 32.5 Å². The lowest BCUT2D eigenvalue weighted by atomic mass is 10.0. The van der Waals surface area contributed by atoms with Crippen molar-refractivity contribution >= 4 is 17.3 Å². The first-order valence-corrected chi connectivity index (χ1v) is 8.90. The van der Waals surface area contributed by atoms with E-state index >= 15 is 0 Å². The summed E-state index contributed by atoms with van der Waals surface area (Å²) >= 11 is 0. The van der Waals surface area contributed by atoms with E-state index in [1.165, 1.54) is 20.5 Å². The van der Waals surface area contributed by atoms with Crippen LogP contribution in [0, 0.1) is 0 Å². The highest BCUT2D eigenvalue weighted by Crippen LogP contribution is 2.23. The van der Waals surface area contributed by atoms with Crippen LogP contribution in [0.1, 0.15) is 30.5 Å². The highest BCUT2D eigenvalue weighted by Gasteiger charge is 2.17. The summed E-state index contributed by atoms with van der Waals surface area (Å²) in [4.78, 5) is 17.2. The smallest absolute Gasteiger partial charge is 0.341 e. The zero-order chi connectivity index (χ0) is 20.4. The Morgan fingerprint density at radius 2 is 1.89 bits per heavy atom. The van der Waals surface area contributed by atoms with Crippen molar-refractivity contribution in [3.8, 4) is 5.75 Å². The average Bonchev–Trinajstić information content (AvgIpc) is 2.74. The monoisotopic (exact) mass is 383 g/mol. The van der Waals surface area contributed by atoms with E-state index in [4.69, 9.17) is 19.0 Å². The van der Waals surface area contributed by atoms with Gasteiger partial charge in [-0.15, -0.1) is 0 Å². The molecule has 2 rings (SSSR count). The molecule has 148 valence electrons. The van der Waals surface area contributed by atoms with Gasteiger partial charge < -0.3 is 19.0 Å². The number of esters is 1. The number of methoxy groups -OCH3 is 2. The molecule has 0 heterocycles. The number of hydrogen-bond donors (Lipinski definition) is 0. The van der Waals surface area contributed by atoms with Gasteiger partial charge in [-0.2, -0.15) is 0 Å². The zero-order valence-corrected chi connectivity index (χ0v) is 16.6. The van der Waals surface area contributed by atoms with Gasteiger partial charge in [0.05, 0.1) is 26.2 Å². The minimum Gasteiger partial charge on any atom is -0.503 e. The molecule has 0 N–H and O–H groups in total. The third kappa shape index (κ3) is 5.61. The zero-order valence-electron chi connectivity index (χ0n) is 16.6. The second-order valence-electron chi connectivity index (χ2n) is 5.83. The third-order valence-corrected chi connectivity index (χ3v) is 3.93. The van der Waals surface area contributed by atoms with E-state index < -0.39 is 5.97 Å². The van der Waals surface area contributed by atoms with Crippen molar-refractivity contribution in [3.05, 3.63) is 71.5 Å². The van der Waals surface area contributed by atoms with E-state index in [-0.39, 0.29) is 6.61 Å². The fourth-order valence-electron chi connectivity index (χ4n) is 2.54. The second kappa shape index (κ2) is 10.8. The molecule has 0 unspecified atom stereocenters.